The normalized spacial score (nSPS) is 13.5. The highest BCUT2D eigenvalue weighted by molar-refractivity contribution is 5.74. The maximum atomic E-state index is 11.4. The molecule has 4 nitrogen and oxygen atoms in total. The van der Waals surface area contributed by atoms with Crippen LogP contribution in [0.5, 0.6) is 0 Å². The molecular formula is C18H21NO3. The molecule has 0 aliphatic rings. The van der Waals surface area contributed by atoms with Crippen LogP contribution >= 0.6 is 0 Å². The van der Waals surface area contributed by atoms with Crippen molar-refractivity contribution in [3.05, 3.63) is 71.8 Å². The van der Waals surface area contributed by atoms with Crippen LogP contribution in [-0.2, 0) is 17.8 Å². The highest BCUT2D eigenvalue weighted by Crippen LogP contribution is 2.09. The fourth-order valence-electron chi connectivity index (χ4n) is 2.34. The Bertz CT molecular complexity index is 571. The molecule has 0 bridgehead atoms. The largest absolute Gasteiger partial charge is 0.480 e. The second kappa shape index (κ2) is 8.32. The van der Waals surface area contributed by atoms with E-state index in [0.717, 1.165) is 11.1 Å². The Morgan fingerprint density at radius 1 is 0.955 bits per heavy atom. The summed E-state index contributed by atoms with van der Waals surface area (Å²) in [7, 11) is 0. The van der Waals surface area contributed by atoms with E-state index in [4.69, 9.17) is 0 Å². The number of carbonyl (C=O) groups is 1. The maximum absolute atomic E-state index is 11.4. The molecule has 0 unspecified atom stereocenters. The van der Waals surface area contributed by atoms with Gasteiger partial charge in [-0.05, 0) is 24.0 Å². The Hall–Kier alpha value is -2.17. The summed E-state index contributed by atoms with van der Waals surface area (Å²) >= 11 is 0. The molecule has 0 aliphatic heterocycles. The zero-order valence-electron chi connectivity index (χ0n) is 12.4. The van der Waals surface area contributed by atoms with Crippen molar-refractivity contribution in [1.82, 2.24) is 5.32 Å². The van der Waals surface area contributed by atoms with E-state index in [2.05, 4.69) is 5.32 Å². The lowest BCUT2D eigenvalue weighted by molar-refractivity contribution is -0.142. The third kappa shape index (κ3) is 4.98. The van der Waals surface area contributed by atoms with Gasteiger partial charge in [-0.15, -0.1) is 0 Å². The van der Waals surface area contributed by atoms with Gasteiger partial charge in [0, 0.05) is 6.54 Å². The Morgan fingerprint density at radius 2 is 1.50 bits per heavy atom. The van der Waals surface area contributed by atoms with E-state index in [1.807, 2.05) is 60.7 Å². The van der Waals surface area contributed by atoms with Gasteiger partial charge in [-0.3, -0.25) is 10.1 Å². The Balaban J connectivity index is 1.88. The molecule has 2 aromatic carbocycles. The highest BCUT2D eigenvalue weighted by Gasteiger charge is 2.25. The molecule has 0 aromatic heterocycles. The summed E-state index contributed by atoms with van der Waals surface area (Å²) in [4.78, 5) is 11.4. The predicted octanol–water partition coefficient (Wildman–Crippen LogP) is 2.22. The predicted molar refractivity (Wildman–Crippen MR) is 85.5 cm³/mol. The number of hydrogen-bond acceptors (Lipinski definition) is 3. The van der Waals surface area contributed by atoms with Crippen LogP contribution in [0.25, 0.3) is 0 Å². The van der Waals surface area contributed by atoms with Crippen molar-refractivity contribution in [2.45, 2.75) is 31.5 Å². The summed E-state index contributed by atoms with van der Waals surface area (Å²) in [6, 6.07) is 18.3. The number of nitrogens with one attached hydrogen (secondary N) is 1. The molecule has 2 aromatic rings. The van der Waals surface area contributed by atoms with Gasteiger partial charge in [0.15, 0.2) is 0 Å². The lowest BCUT2D eigenvalue weighted by atomic mass is 10.0. The summed E-state index contributed by atoms with van der Waals surface area (Å²) in [6.07, 6.45) is 0.128. The minimum Gasteiger partial charge on any atom is -0.480 e. The molecule has 0 amide bonds. The van der Waals surface area contributed by atoms with Gasteiger partial charge in [-0.1, -0.05) is 60.7 Å². The van der Waals surface area contributed by atoms with Gasteiger partial charge >= 0.3 is 5.97 Å². The molecule has 0 saturated heterocycles. The Morgan fingerprint density at radius 3 is 2.05 bits per heavy atom. The van der Waals surface area contributed by atoms with Gasteiger partial charge in [0.05, 0.1) is 6.10 Å². The number of aryl methyl sites for hydroxylation is 1. The Labute approximate surface area is 130 Å². The molecule has 3 N–H and O–H groups in total. The summed E-state index contributed by atoms with van der Waals surface area (Å²) in [5.41, 5.74) is 2.08. The van der Waals surface area contributed by atoms with E-state index in [9.17, 15) is 15.0 Å². The first-order valence-electron chi connectivity index (χ1n) is 7.39. The quantitative estimate of drug-likeness (QED) is 0.699. The number of aliphatic hydroxyl groups is 1. The Kier molecular flexibility index (Phi) is 6.13. The van der Waals surface area contributed by atoms with Gasteiger partial charge < -0.3 is 10.2 Å². The van der Waals surface area contributed by atoms with E-state index in [1.165, 1.54) is 0 Å². The smallest absolute Gasteiger partial charge is 0.323 e. The molecule has 22 heavy (non-hydrogen) atoms. The molecular weight excluding hydrogens is 278 g/mol. The van der Waals surface area contributed by atoms with Crippen LogP contribution in [0.15, 0.2) is 60.7 Å². The highest BCUT2D eigenvalue weighted by atomic mass is 16.4. The van der Waals surface area contributed by atoms with Gasteiger partial charge in [-0.25, -0.2) is 0 Å². The number of benzene rings is 2. The van der Waals surface area contributed by atoms with E-state index < -0.39 is 18.1 Å². The third-order valence-electron chi connectivity index (χ3n) is 3.59. The molecule has 2 atom stereocenters. The first-order chi connectivity index (χ1) is 10.7. The molecule has 0 radical (unpaired) electrons. The van der Waals surface area contributed by atoms with E-state index in [0.29, 0.717) is 19.4 Å². The average Bonchev–Trinajstić information content (AvgIpc) is 2.55. The van der Waals surface area contributed by atoms with Crippen molar-refractivity contribution in [3.63, 3.8) is 0 Å². The zero-order valence-corrected chi connectivity index (χ0v) is 12.4. The minimum atomic E-state index is -1.03. The first-order valence-corrected chi connectivity index (χ1v) is 7.39. The number of rotatable bonds is 8. The molecule has 0 fully saturated rings. The van der Waals surface area contributed by atoms with Crippen molar-refractivity contribution >= 4 is 5.97 Å². The summed E-state index contributed by atoms with van der Waals surface area (Å²) in [5.74, 6) is -1.03. The zero-order chi connectivity index (χ0) is 15.8. The van der Waals surface area contributed by atoms with Crippen LogP contribution in [0, 0.1) is 0 Å². The average molecular weight is 299 g/mol. The van der Waals surface area contributed by atoms with Crippen molar-refractivity contribution in [3.8, 4) is 0 Å². The summed E-state index contributed by atoms with van der Waals surface area (Å²) in [5, 5.41) is 22.4. The van der Waals surface area contributed by atoms with Crippen molar-refractivity contribution in [1.29, 1.82) is 0 Å². The van der Waals surface area contributed by atoms with Gasteiger partial charge in [0.25, 0.3) is 0 Å². The van der Waals surface area contributed by atoms with Crippen molar-refractivity contribution in [2.75, 3.05) is 0 Å². The molecule has 116 valence electrons. The van der Waals surface area contributed by atoms with Crippen LogP contribution in [0.3, 0.4) is 0 Å². The molecule has 4 heteroatoms. The number of hydrogen-bond donors (Lipinski definition) is 3. The number of aliphatic hydroxyl groups excluding tert-OH is 1. The lowest BCUT2D eigenvalue weighted by Gasteiger charge is -2.20. The van der Waals surface area contributed by atoms with Crippen molar-refractivity contribution in [2.24, 2.45) is 0 Å². The molecule has 0 saturated carbocycles. The van der Waals surface area contributed by atoms with E-state index >= 15 is 0 Å². The van der Waals surface area contributed by atoms with Gasteiger partial charge in [-0.2, -0.15) is 0 Å². The SMILES string of the molecule is O=C(O)[C@H](NCc1ccccc1)[C@@H](O)CCc1ccccc1. The fraction of sp³-hybridized carbons (Fsp3) is 0.278. The first kappa shape index (κ1) is 16.2. The monoisotopic (exact) mass is 299 g/mol. The summed E-state index contributed by atoms with van der Waals surface area (Å²) in [6.45, 7) is 0.417. The van der Waals surface area contributed by atoms with Gasteiger partial charge in [0.2, 0.25) is 0 Å². The van der Waals surface area contributed by atoms with Crippen LogP contribution in [0.4, 0.5) is 0 Å². The van der Waals surface area contributed by atoms with Crippen LogP contribution in [0.1, 0.15) is 17.5 Å². The van der Waals surface area contributed by atoms with Crippen LogP contribution in [-0.4, -0.2) is 28.3 Å². The lowest BCUT2D eigenvalue weighted by Crippen LogP contribution is -2.45. The number of aliphatic carboxylic acids is 1. The third-order valence-corrected chi connectivity index (χ3v) is 3.59. The number of carboxylic acids is 1. The molecule has 0 heterocycles. The van der Waals surface area contributed by atoms with Crippen LogP contribution in [0.2, 0.25) is 0 Å². The van der Waals surface area contributed by atoms with Gasteiger partial charge in [0.1, 0.15) is 6.04 Å². The van der Waals surface area contributed by atoms with E-state index in [1.54, 1.807) is 0 Å². The molecule has 2 rings (SSSR count). The fourth-order valence-corrected chi connectivity index (χ4v) is 2.34. The second-order valence-electron chi connectivity index (χ2n) is 5.27. The number of carboxylic acid groups (broad SMARTS) is 1. The second-order valence-corrected chi connectivity index (χ2v) is 5.27. The maximum Gasteiger partial charge on any atom is 0.323 e. The topological polar surface area (TPSA) is 69.6 Å². The van der Waals surface area contributed by atoms with E-state index in [-0.39, 0.29) is 0 Å². The minimum absolute atomic E-state index is 0.406. The van der Waals surface area contributed by atoms with Crippen LogP contribution < -0.4 is 5.32 Å². The standard InChI is InChI=1S/C18H21NO3/c20-16(12-11-14-7-3-1-4-8-14)17(18(21)22)19-13-15-9-5-2-6-10-15/h1-10,16-17,19-20H,11-13H2,(H,21,22)/t16-,17+/m0/s1. The molecule has 0 spiro atoms. The summed E-state index contributed by atoms with van der Waals surface area (Å²) < 4.78 is 0. The van der Waals surface area contributed by atoms with Crippen molar-refractivity contribution < 1.29 is 15.0 Å². The molecule has 0 aliphatic carbocycles.